The summed E-state index contributed by atoms with van der Waals surface area (Å²) in [6.45, 7) is 8.21. The number of hydrogen-bond acceptors (Lipinski definition) is 2. The molecule has 1 aliphatic rings. The van der Waals surface area contributed by atoms with Crippen molar-refractivity contribution in [1.82, 2.24) is 10.6 Å². The summed E-state index contributed by atoms with van der Waals surface area (Å²) < 4.78 is 13.0. The van der Waals surface area contributed by atoms with Crippen LogP contribution in [0.1, 0.15) is 57.3 Å². The molecule has 0 bridgehead atoms. The molecule has 0 spiro atoms. The predicted octanol–water partition coefficient (Wildman–Crippen LogP) is 3.52. The first kappa shape index (κ1) is 19.4. The molecule has 0 heterocycles. The summed E-state index contributed by atoms with van der Waals surface area (Å²) in [7, 11) is 0. The number of carbonyl (C=O) groups excluding carboxylic acids is 2. The predicted molar refractivity (Wildman–Crippen MR) is 96.6 cm³/mol. The topological polar surface area (TPSA) is 58.2 Å². The van der Waals surface area contributed by atoms with Gasteiger partial charge in [0.05, 0.1) is 0 Å². The van der Waals surface area contributed by atoms with E-state index in [1.165, 1.54) is 30.7 Å². The minimum Gasteiger partial charge on any atom is -0.351 e. The number of carbonyl (C=O) groups is 2. The van der Waals surface area contributed by atoms with Gasteiger partial charge in [-0.05, 0) is 48.4 Å². The van der Waals surface area contributed by atoms with Gasteiger partial charge in [0, 0.05) is 11.6 Å². The van der Waals surface area contributed by atoms with Crippen LogP contribution in [0.5, 0.6) is 0 Å². The first-order valence-electron chi connectivity index (χ1n) is 9.16. The number of halogens is 1. The number of rotatable bonds is 5. The molecule has 1 saturated carbocycles. The maximum atomic E-state index is 13.0. The average Bonchev–Trinajstić information content (AvgIpc) is 2.56. The highest BCUT2D eigenvalue weighted by molar-refractivity contribution is 5.97. The molecule has 1 aromatic carbocycles. The van der Waals surface area contributed by atoms with E-state index in [1.54, 1.807) is 0 Å². The maximum Gasteiger partial charge on any atom is 0.251 e. The average molecular weight is 348 g/mol. The Morgan fingerprint density at radius 3 is 2.36 bits per heavy atom. The lowest BCUT2D eigenvalue weighted by atomic mass is 9.78. The molecule has 0 saturated heterocycles. The molecule has 2 N–H and O–H groups in total. The highest BCUT2D eigenvalue weighted by Crippen LogP contribution is 2.29. The smallest absolute Gasteiger partial charge is 0.251 e. The van der Waals surface area contributed by atoms with E-state index >= 15 is 0 Å². The summed E-state index contributed by atoms with van der Waals surface area (Å²) in [5.74, 6) is 0.0785. The summed E-state index contributed by atoms with van der Waals surface area (Å²) >= 11 is 0. The molecule has 4 unspecified atom stereocenters. The fraction of sp³-hybridized carbons (Fsp3) is 0.600. The summed E-state index contributed by atoms with van der Waals surface area (Å²) in [4.78, 5) is 25.1. The van der Waals surface area contributed by atoms with Crippen molar-refractivity contribution in [2.75, 3.05) is 0 Å². The van der Waals surface area contributed by atoms with Crippen LogP contribution in [0.3, 0.4) is 0 Å². The maximum absolute atomic E-state index is 13.0. The zero-order chi connectivity index (χ0) is 18.6. The fourth-order valence-electron chi connectivity index (χ4n) is 3.42. The summed E-state index contributed by atoms with van der Waals surface area (Å²) in [5.41, 5.74) is 0.347. The van der Waals surface area contributed by atoms with Crippen LogP contribution < -0.4 is 10.6 Å². The molecular formula is C20H29FN2O2. The summed E-state index contributed by atoms with van der Waals surface area (Å²) in [6.07, 6.45) is 3.29. The third-order valence-corrected chi connectivity index (χ3v) is 5.38. The second kappa shape index (κ2) is 8.45. The van der Waals surface area contributed by atoms with E-state index in [0.29, 0.717) is 17.4 Å². The van der Waals surface area contributed by atoms with Gasteiger partial charge in [-0.2, -0.15) is 0 Å². The van der Waals surface area contributed by atoms with Crippen molar-refractivity contribution < 1.29 is 14.0 Å². The molecule has 2 amide bonds. The van der Waals surface area contributed by atoms with E-state index in [1.807, 2.05) is 13.8 Å². The molecule has 0 aliphatic heterocycles. The van der Waals surface area contributed by atoms with Crippen LogP contribution in [-0.2, 0) is 4.79 Å². The van der Waals surface area contributed by atoms with Crippen LogP contribution in [-0.4, -0.2) is 23.9 Å². The SMILES string of the molecule is CC(C)C(NC(=O)c1ccc(F)cc1)C(=O)NC1CCCC(C)C1C. The number of amides is 2. The highest BCUT2D eigenvalue weighted by atomic mass is 19.1. The Morgan fingerprint density at radius 1 is 1.12 bits per heavy atom. The van der Waals surface area contributed by atoms with Crippen molar-refractivity contribution in [3.63, 3.8) is 0 Å². The van der Waals surface area contributed by atoms with Gasteiger partial charge >= 0.3 is 0 Å². The van der Waals surface area contributed by atoms with Gasteiger partial charge in [-0.15, -0.1) is 0 Å². The zero-order valence-electron chi connectivity index (χ0n) is 15.5. The third kappa shape index (κ3) is 5.03. The van der Waals surface area contributed by atoms with Crippen LogP contribution in [0.2, 0.25) is 0 Å². The first-order valence-corrected chi connectivity index (χ1v) is 9.16. The van der Waals surface area contributed by atoms with Crippen molar-refractivity contribution in [2.24, 2.45) is 17.8 Å². The number of nitrogens with one attached hydrogen (secondary N) is 2. The molecule has 4 nitrogen and oxygen atoms in total. The molecule has 138 valence electrons. The third-order valence-electron chi connectivity index (χ3n) is 5.38. The van der Waals surface area contributed by atoms with Crippen LogP contribution in [0, 0.1) is 23.6 Å². The van der Waals surface area contributed by atoms with Crippen LogP contribution in [0.4, 0.5) is 4.39 Å². The molecular weight excluding hydrogens is 319 g/mol. The lowest BCUT2D eigenvalue weighted by molar-refractivity contribution is -0.125. The Bertz CT molecular complexity index is 600. The van der Waals surface area contributed by atoms with Gasteiger partial charge < -0.3 is 10.6 Å². The van der Waals surface area contributed by atoms with Crippen molar-refractivity contribution in [3.05, 3.63) is 35.6 Å². The molecule has 25 heavy (non-hydrogen) atoms. The molecule has 1 aliphatic carbocycles. The largest absolute Gasteiger partial charge is 0.351 e. The molecule has 2 rings (SSSR count). The molecule has 4 atom stereocenters. The highest BCUT2D eigenvalue weighted by Gasteiger charge is 2.31. The van der Waals surface area contributed by atoms with Gasteiger partial charge in [0.15, 0.2) is 0 Å². The van der Waals surface area contributed by atoms with Gasteiger partial charge in [-0.25, -0.2) is 4.39 Å². The summed E-state index contributed by atoms with van der Waals surface area (Å²) in [6, 6.07) is 4.87. The van der Waals surface area contributed by atoms with Crippen LogP contribution in [0.25, 0.3) is 0 Å². The van der Waals surface area contributed by atoms with Crippen LogP contribution >= 0.6 is 0 Å². The van der Waals surface area contributed by atoms with Gasteiger partial charge in [-0.1, -0.05) is 40.5 Å². The Hall–Kier alpha value is -1.91. The first-order chi connectivity index (χ1) is 11.8. The lowest BCUT2D eigenvalue weighted by Gasteiger charge is -2.36. The van der Waals surface area contributed by atoms with E-state index < -0.39 is 11.9 Å². The normalized spacial score (nSPS) is 24.6. The van der Waals surface area contributed by atoms with Gasteiger partial charge in [-0.3, -0.25) is 9.59 Å². The van der Waals surface area contributed by atoms with Crippen molar-refractivity contribution in [3.8, 4) is 0 Å². The molecule has 0 radical (unpaired) electrons. The lowest BCUT2D eigenvalue weighted by Crippen LogP contribution is -2.54. The molecule has 1 fully saturated rings. The number of hydrogen-bond donors (Lipinski definition) is 2. The van der Waals surface area contributed by atoms with Crippen molar-refractivity contribution in [2.45, 2.75) is 59.0 Å². The molecule has 1 aromatic rings. The Labute approximate surface area is 149 Å². The van der Waals surface area contributed by atoms with Gasteiger partial charge in [0.1, 0.15) is 11.9 Å². The monoisotopic (exact) mass is 348 g/mol. The minimum atomic E-state index is -0.609. The zero-order valence-corrected chi connectivity index (χ0v) is 15.5. The van der Waals surface area contributed by atoms with Gasteiger partial charge in [0.2, 0.25) is 5.91 Å². The standard InChI is InChI=1S/C20H29FN2O2/c1-12(2)18(23-19(24)15-8-10-16(21)11-9-15)20(25)22-17-7-5-6-13(3)14(17)4/h8-14,17-18H,5-7H2,1-4H3,(H,22,25)(H,23,24). The second-order valence-corrected chi connectivity index (χ2v) is 7.58. The van der Waals surface area contributed by atoms with E-state index in [-0.39, 0.29) is 23.8 Å². The van der Waals surface area contributed by atoms with E-state index in [0.717, 1.165) is 12.8 Å². The van der Waals surface area contributed by atoms with E-state index in [4.69, 9.17) is 0 Å². The number of benzene rings is 1. The molecule has 5 heteroatoms. The Balaban J connectivity index is 2.02. The Kier molecular flexibility index (Phi) is 6.57. The second-order valence-electron chi connectivity index (χ2n) is 7.58. The minimum absolute atomic E-state index is 0.0410. The van der Waals surface area contributed by atoms with Crippen molar-refractivity contribution in [1.29, 1.82) is 0 Å². The fourth-order valence-corrected chi connectivity index (χ4v) is 3.42. The van der Waals surface area contributed by atoms with Crippen molar-refractivity contribution >= 4 is 11.8 Å². The van der Waals surface area contributed by atoms with E-state index in [9.17, 15) is 14.0 Å². The van der Waals surface area contributed by atoms with Crippen LogP contribution in [0.15, 0.2) is 24.3 Å². The van der Waals surface area contributed by atoms with Gasteiger partial charge in [0.25, 0.3) is 5.91 Å². The molecule has 0 aromatic heterocycles. The summed E-state index contributed by atoms with van der Waals surface area (Å²) in [5, 5.41) is 5.93. The van der Waals surface area contributed by atoms with E-state index in [2.05, 4.69) is 24.5 Å². The quantitative estimate of drug-likeness (QED) is 0.855. The Morgan fingerprint density at radius 2 is 1.76 bits per heavy atom.